The van der Waals surface area contributed by atoms with Crippen molar-refractivity contribution in [1.82, 2.24) is 5.32 Å². The lowest BCUT2D eigenvalue weighted by Crippen LogP contribution is -2.41. The Balaban J connectivity index is 2.54. The van der Waals surface area contributed by atoms with Crippen molar-refractivity contribution in [2.24, 2.45) is 0 Å². The number of aliphatic carboxylic acids is 1. The highest BCUT2D eigenvalue weighted by Gasteiger charge is 2.18. The molecule has 1 rings (SSSR count). The Morgan fingerprint density at radius 3 is 2.63 bits per heavy atom. The first kappa shape index (κ1) is 15.6. The Morgan fingerprint density at radius 1 is 1.37 bits per heavy atom. The molecule has 0 heterocycles. The number of hydrogen-bond acceptors (Lipinski definition) is 3. The van der Waals surface area contributed by atoms with E-state index < -0.39 is 12.0 Å². The first-order valence-corrected chi connectivity index (χ1v) is 7.20. The summed E-state index contributed by atoms with van der Waals surface area (Å²) in [6.07, 6.45) is 0. The topological polar surface area (TPSA) is 66.4 Å². The van der Waals surface area contributed by atoms with Gasteiger partial charge in [-0.3, -0.25) is 4.79 Å². The van der Waals surface area contributed by atoms with Crippen molar-refractivity contribution in [2.45, 2.75) is 32.6 Å². The number of carbonyl (C=O) groups excluding carboxylic acids is 1. The van der Waals surface area contributed by atoms with Crippen LogP contribution in [0.3, 0.4) is 0 Å². The zero-order valence-corrected chi connectivity index (χ0v) is 12.2. The van der Waals surface area contributed by atoms with Crippen LogP contribution in [-0.2, 0) is 15.3 Å². The van der Waals surface area contributed by atoms with Gasteiger partial charge >= 0.3 is 5.97 Å². The minimum atomic E-state index is -0.997. The lowest BCUT2D eigenvalue weighted by Gasteiger charge is -2.13. The van der Waals surface area contributed by atoms with Crippen LogP contribution in [0.5, 0.6) is 0 Å². The van der Waals surface area contributed by atoms with E-state index in [0.29, 0.717) is 5.75 Å². The van der Waals surface area contributed by atoms with Gasteiger partial charge in [-0.2, -0.15) is 11.8 Å². The molecule has 0 aliphatic carbocycles. The standard InChI is InChI=1S/C14H19NO3S/c1-9-5-4-6-12(10(9)2)7-19-8-13(14(17)18)15-11(3)16/h4-6,13H,7-8H2,1-3H3,(H,15,16)(H,17,18). The van der Waals surface area contributed by atoms with Crippen LogP contribution >= 0.6 is 11.8 Å². The van der Waals surface area contributed by atoms with Crippen LogP contribution in [0.2, 0.25) is 0 Å². The second-order valence-corrected chi connectivity index (χ2v) is 5.50. The number of amides is 1. The molecule has 1 unspecified atom stereocenters. The molecule has 2 N–H and O–H groups in total. The van der Waals surface area contributed by atoms with Gasteiger partial charge in [-0.25, -0.2) is 4.79 Å². The van der Waals surface area contributed by atoms with Crippen molar-refractivity contribution in [1.29, 1.82) is 0 Å². The third kappa shape index (κ3) is 4.95. The number of carboxylic acid groups (broad SMARTS) is 1. The fraction of sp³-hybridized carbons (Fsp3) is 0.429. The Bertz CT molecular complexity index is 474. The summed E-state index contributed by atoms with van der Waals surface area (Å²) in [7, 11) is 0. The second-order valence-electron chi connectivity index (χ2n) is 4.47. The number of thioether (sulfide) groups is 1. The van der Waals surface area contributed by atoms with Gasteiger partial charge in [-0.15, -0.1) is 0 Å². The Hall–Kier alpha value is -1.49. The minimum absolute atomic E-state index is 0.320. The van der Waals surface area contributed by atoms with Crippen LogP contribution in [0.1, 0.15) is 23.6 Å². The zero-order valence-electron chi connectivity index (χ0n) is 11.4. The van der Waals surface area contributed by atoms with Crippen LogP contribution in [0, 0.1) is 13.8 Å². The van der Waals surface area contributed by atoms with E-state index in [4.69, 9.17) is 5.11 Å². The van der Waals surface area contributed by atoms with Crippen molar-refractivity contribution < 1.29 is 14.7 Å². The molecule has 0 aromatic heterocycles. The molecule has 0 spiro atoms. The molecule has 104 valence electrons. The van der Waals surface area contributed by atoms with Crippen LogP contribution in [0.15, 0.2) is 18.2 Å². The molecule has 0 aliphatic heterocycles. The van der Waals surface area contributed by atoms with Gasteiger partial charge < -0.3 is 10.4 Å². The highest BCUT2D eigenvalue weighted by molar-refractivity contribution is 7.98. The number of aryl methyl sites for hydroxylation is 1. The average molecular weight is 281 g/mol. The Kier molecular flexibility index (Phi) is 5.89. The normalized spacial score (nSPS) is 11.9. The fourth-order valence-corrected chi connectivity index (χ4v) is 2.79. The van der Waals surface area contributed by atoms with Crippen LogP contribution in [-0.4, -0.2) is 28.8 Å². The predicted molar refractivity (Wildman–Crippen MR) is 77.3 cm³/mol. The van der Waals surface area contributed by atoms with E-state index in [9.17, 15) is 9.59 Å². The number of nitrogens with one attached hydrogen (secondary N) is 1. The summed E-state index contributed by atoms with van der Waals surface area (Å²) in [4.78, 5) is 21.9. The van der Waals surface area contributed by atoms with Gasteiger partial charge in [-0.1, -0.05) is 18.2 Å². The average Bonchev–Trinajstić information content (AvgIpc) is 2.32. The summed E-state index contributed by atoms with van der Waals surface area (Å²) < 4.78 is 0. The third-order valence-corrected chi connectivity index (χ3v) is 4.02. The highest BCUT2D eigenvalue weighted by atomic mass is 32.2. The first-order valence-electron chi connectivity index (χ1n) is 6.04. The molecule has 19 heavy (non-hydrogen) atoms. The van der Waals surface area contributed by atoms with Crippen molar-refractivity contribution in [3.05, 3.63) is 34.9 Å². The van der Waals surface area contributed by atoms with Crippen molar-refractivity contribution in [2.75, 3.05) is 5.75 Å². The SMILES string of the molecule is CC(=O)NC(CSCc1cccc(C)c1C)C(=O)O. The Labute approximate surface area is 117 Å². The number of carbonyl (C=O) groups is 2. The number of hydrogen-bond donors (Lipinski definition) is 2. The van der Waals surface area contributed by atoms with E-state index in [1.54, 1.807) is 0 Å². The summed E-state index contributed by atoms with van der Waals surface area (Å²) in [6, 6.07) is 5.28. The summed E-state index contributed by atoms with van der Waals surface area (Å²) in [5.41, 5.74) is 3.67. The van der Waals surface area contributed by atoms with Gasteiger partial charge in [0.05, 0.1) is 0 Å². The smallest absolute Gasteiger partial charge is 0.327 e. The largest absolute Gasteiger partial charge is 0.480 e. The fourth-order valence-electron chi connectivity index (χ4n) is 1.68. The maximum atomic E-state index is 11.0. The molecule has 0 saturated heterocycles. The summed E-state index contributed by atoms with van der Waals surface area (Å²) in [5.74, 6) is -0.206. The molecule has 1 aromatic rings. The van der Waals surface area contributed by atoms with Gasteiger partial charge in [0, 0.05) is 18.4 Å². The van der Waals surface area contributed by atoms with E-state index >= 15 is 0 Å². The van der Waals surface area contributed by atoms with E-state index in [0.717, 1.165) is 5.75 Å². The summed E-state index contributed by atoms with van der Waals surface area (Å²) in [5, 5.41) is 11.4. The van der Waals surface area contributed by atoms with Gasteiger partial charge in [0.2, 0.25) is 5.91 Å². The highest BCUT2D eigenvalue weighted by Crippen LogP contribution is 2.19. The van der Waals surface area contributed by atoms with E-state index in [1.807, 2.05) is 12.1 Å². The van der Waals surface area contributed by atoms with Crippen molar-refractivity contribution in [3.63, 3.8) is 0 Å². The third-order valence-electron chi connectivity index (χ3n) is 2.93. The van der Waals surface area contributed by atoms with Crippen LogP contribution < -0.4 is 5.32 Å². The first-order chi connectivity index (χ1) is 8.91. The molecule has 0 fully saturated rings. The molecule has 1 aromatic carbocycles. The number of benzene rings is 1. The van der Waals surface area contributed by atoms with Gasteiger partial charge in [-0.05, 0) is 30.5 Å². The number of carboxylic acids is 1. The van der Waals surface area contributed by atoms with Gasteiger partial charge in [0.15, 0.2) is 0 Å². The zero-order chi connectivity index (χ0) is 14.4. The second kappa shape index (κ2) is 7.19. The lowest BCUT2D eigenvalue weighted by atomic mass is 10.1. The minimum Gasteiger partial charge on any atom is -0.480 e. The molecule has 1 atom stereocenters. The lowest BCUT2D eigenvalue weighted by molar-refractivity contribution is -0.140. The summed E-state index contributed by atoms with van der Waals surface area (Å²) >= 11 is 1.51. The van der Waals surface area contributed by atoms with Gasteiger partial charge in [0.25, 0.3) is 0 Å². The molecule has 0 saturated carbocycles. The molecular formula is C14H19NO3S. The molecule has 4 nitrogen and oxygen atoms in total. The number of rotatable bonds is 6. The van der Waals surface area contributed by atoms with E-state index in [1.165, 1.54) is 35.4 Å². The van der Waals surface area contributed by atoms with E-state index in [2.05, 4.69) is 25.2 Å². The maximum absolute atomic E-state index is 11.0. The van der Waals surface area contributed by atoms with Gasteiger partial charge in [0.1, 0.15) is 6.04 Å². The molecule has 1 amide bonds. The van der Waals surface area contributed by atoms with Crippen molar-refractivity contribution >= 4 is 23.6 Å². The molecular weight excluding hydrogens is 262 g/mol. The molecule has 0 aliphatic rings. The molecule has 0 radical (unpaired) electrons. The molecule has 0 bridgehead atoms. The predicted octanol–water partition coefficient (Wildman–Crippen LogP) is 2.13. The van der Waals surface area contributed by atoms with Crippen molar-refractivity contribution in [3.8, 4) is 0 Å². The quantitative estimate of drug-likeness (QED) is 0.838. The monoisotopic (exact) mass is 281 g/mol. The Morgan fingerprint density at radius 2 is 2.05 bits per heavy atom. The molecule has 5 heteroatoms. The van der Waals surface area contributed by atoms with Crippen LogP contribution in [0.4, 0.5) is 0 Å². The summed E-state index contributed by atoms with van der Waals surface area (Å²) in [6.45, 7) is 5.44. The van der Waals surface area contributed by atoms with E-state index in [-0.39, 0.29) is 5.91 Å². The van der Waals surface area contributed by atoms with Crippen LogP contribution in [0.25, 0.3) is 0 Å². The maximum Gasteiger partial charge on any atom is 0.327 e.